The molecule has 6 nitrogen and oxygen atoms in total. The van der Waals surface area contributed by atoms with E-state index in [4.69, 9.17) is 4.74 Å². The topological polar surface area (TPSA) is 89.5 Å². The van der Waals surface area contributed by atoms with Crippen LogP contribution < -0.4 is 5.32 Å². The lowest BCUT2D eigenvalue weighted by molar-refractivity contribution is -0.140. The average Bonchev–Trinajstić information content (AvgIpc) is 2.72. The molecule has 0 saturated heterocycles. The van der Waals surface area contributed by atoms with Crippen molar-refractivity contribution in [2.45, 2.75) is 72.8 Å². The summed E-state index contributed by atoms with van der Waals surface area (Å²) in [5.74, 6) is -2.07. The van der Waals surface area contributed by atoms with Crippen LogP contribution in [0.3, 0.4) is 0 Å². The Labute approximate surface area is 185 Å². The van der Waals surface area contributed by atoms with Crippen molar-refractivity contribution in [2.24, 2.45) is 17.3 Å². The van der Waals surface area contributed by atoms with E-state index in [1.165, 1.54) is 0 Å². The fourth-order valence-electron chi connectivity index (χ4n) is 3.63. The molecule has 0 heterocycles. The number of ether oxygens (including phenoxy) is 1. The van der Waals surface area contributed by atoms with Gasteiger partial charge in [0.1, 0.15) is 0 Å². The van der Waals surface area contributed by atoms with Crippen LogP contribution >= 0.6 is 0 Å². The van der Waals surface area contributed by atoms with Crippen LogP contribution in [0, 0.1) is 17.3 Å². The summed E-state index contributed by atoms with van der Waals surface area (Å²) in [4.78, 5) is 50.5. The fourth-order valence-corrected chi connectivity index (χ4v) is 3.63. The summed E-state index contributed by atoms with van der Waals surface area (Å²) in [5.41, 5.74) is 1.87. The molecular weight excluding hydrogens is 394 g/mol. The number of Topliss-reactive ketones (excluding diaryl/α,β-unsaturated/α-hetero) is 3. The molecule has 1 aromatic carbocycles. The Kier molecular flexibility index (Phi) is 8.54. The molecule has 0 radical (unpaired) electrons. The van der Waals surface area contributed by atoms with E-state index in [9.17, 15) is 19.2 Å². The van der Waals surface area contributed by atoms with Crippen LogP contribution in [0.25, 0.3) is 0 Å². The van der Waals surface area contributed by atoms with Gasteiger partial charge in [0.05, 0.1) is 12.6 Å². The molecule has 2 aliphatic rings. The molecule has 1 N–H and O–H groups in total. The number of amides is 1. The van der Waals surface area contributed by atoms with Crippen LogP contribution in [-0.2, 0) is 32.0 Å². The van der Waals surface area contributed by atoms with Gasteiger partial charge in [-0.2, -0.15) is 0 Å². The van der Waals surface area contributed by atoms with Crippen molar-refractivity contribution < 1.29 is 23.9 Å². The highest BCUT2D eigenvalue weighted by molar-refractivity contribution is 6.38. The molecule has 2 aliphatic carbocycles. The maximum absolute atomic E-state index is 13.1. The molecule has 2 bridgehead atoms. The Morgan fingerprint density at radius 1 is 1.06 bits per heavy atom. The second-order valence-corrected chi connectivity index (χ2v) is 10.0. The van der Waals surface area contributed by atoms with Gasteiger partial charge in [0.15, 0.2) is 11.6 Å². The third-order valence-corrected chi connectivity index (χ3v) is 5.39. The predicted molar refractivity (Wildman–Crippen MR) is 119 cm³/mol. The molecule has 2 atom stereocenters. The number of hydrogen-bond donors (Lipinski definition) is 1. The number of nitrogens with one attached hydrogen (secondary N) is 1. The average molecular weight is 430 g/mol. The number of aryl methyl sites for hydroxylation is 1. The SMILES string of the molecule is CC(C)C(NC(=O)OCC(C)(C)C)C(=O)CC1Cc2ccc(cc2)CCCC(=O)C1=O. The van der Waals surface area contributed by atoms with Crippen molar-refractivity contribution in [1.82, 2.24) is 5.32 Å². The van der Waals surface area contributed by atoms with Gasteiger partial charge in [-0.3, -0.25) is 14.4 Å². The van der Waals surface area contributed by atoms with Crippen molar-refractivity contribution in [1.29, 1.82) is 0 Å². The van der Waals surface area contributed by atoms with E-state index in [1.54, 1.807) is 0 Å². The van der Waals surface area contributed by atoms with Crippen molar-refractivity contribution in [3.8, 4) is 0 Å². The number of hydrogen-bond acceptors (Lipinski definition) is 5. The Morgan fingerprint density at radius 3 is 2.26 bits per heavy atom. The zero-order valence-electron chi connectivity index (χ0n) is 19.3. The lowest BCUT2D eigenvalue weighted by Crippen LogP contribution is -2.46. The number of rotatable bonds is 6. The highest BCUT2D eigenvalue weighted by atomic mass is 16.5. The molecule has 0 fully saturated rings. The van der Waals surface area contributed by atoms with Crippen molar-refractivity contribution in [3.63, 3.8) is 0 Å². The smallest absolute Gasteiger partial charge is 0.407 e. The molecule has 0 saturated carbocycles. The van der Waals surface area contributed by atoms with Crippen molar-refractivity contribution >= 4 is 23.4 Å². The predicted octanol–water partition coefficient (Wildman–Crippen LogP) is 4.08. The van der Waals surface area contributed by atoms with Gasteiger partial charge in [-0.1, -0.05) is 58.9 Å². The quantitative estimate of drug-likeness (QED) is 0.689. The van der Waals surface area contributed by atoms with Gasteiger partial charge >= 0.3 is 6.09 Å². The zero-order chi connectivity index (χ0) is 23.2. The minimum atomic E-state index is -0.782. The van der Waals surface area contributed by atoms with Crippen LogP contribution in [0.5, 0.6) is 0 Å². The molecular formula is C25H35NO5. The molecule has 170 valence electrons. The molecule has 1 aromatic rings. The largest absolute Gasteiger partial charge is 0.449 e. The third kappa shape index (κ3) is 7.93. The minimum Gasteiger partial charge on any atom is -0.449 e. The van der Waals surface area contributed by atoms with Crippen LogP contribution in [-0.4, -0.2) is 36.1 Å². The molecule has 2 unspecified atom stereocenters. The van der Waals surface area contributed by atoms with Gasteiger partial charge in [-0.05, 0) is 41.7 Å². The summed E-state index contributed by atoms with van der Waals surface area (Å²) in [6.45, 7) is 9.72. The van der Waals surface area contributed by atoms with E-state index in [-0.39, 0.29) is 36.6 Å². The second-order valence-electron chi connectivity index (χ2n) is 10.0. The number of benzene rings is 1. The monoisotopic (exact) mass is 429 g/mol. The maximum Gasteiger partial charge on any atom is 0.407 e. The zero-order valence-corrected chi connectivity index (χ0v) is 19.3. The van der Waals surface area contributed by atoms with Crippen LogP contribution in [0.15, 0.2) is 24.3 Å². The van der Waals surface area contributed by atoms with Gasteiger partial charge in [0, 0.05) is 18.8 Å². The molecule has 1 amide bonds. The summed E-state index contributed by atoms with van der Waals surface area (Å²) in [5, 5.41) is 2.65. The van der Waals surface area contributed by atoms with Crippen molar-refractivity contribution in [3.05, 3.63) is 35.4 Å². The molecule has 3 rings (SSSR count). The van der Waals surface area contributed by atoms with Gasteiger partial charge in [0.25, 0.3) is 0 Å². The first-order valence-corrected chi connectivity index (χ1v) is 11.1. The normalized spacial score (nSPS) is 18.5. The van der Waals surface area contributed by atoms with E-state index in [2.05, 4.69) is 5.32 Å². The molecule has 0 spiro atoms. The summed E-state index contributed by atoms with van der Waals surface area (Å²) in [6.07, 6.45) is 1.14. The summed E-state index contributed by atoms with van der Waals surface area (Å²) in [6, 6.07) is 7.16. The Morgan fingerprint density at radius 2 is 1.68 bits per heavy atom. The van der Waals surface area contributed by atoms with E-state index in [1.807, 2.05) is 58.9 Å². The first-order chi connectivity index (χ1) is 14.5. The molecule has 6 heteroatoms. The number of carbonyl (C=O) groups is 4. The Bertz CT molecular complexity index is 804. The van der Waals surface area contributed by atoms with Crippen LogP contribution in [0.2, 0.25) is 0 Å². The number of fused-ring (bicyclic) bond motifs is 8. The van der Waals surface area contributed by atoms with E-state index in [0.29, 0.717) is 12.8 Å². The first kappa shape index (κ1) is 24.8. The van der Waals surface area contributed by atoms with E-state index in [0.717, 1.165) is 17.5 Å². The molecule has 0 aromatic heterocycles. The number of carbonyl (C=O) groups excluding carboxylic acids is 4. The third-order valence-electron chi connectivity index (χ3n) is 5.39. The number of alkyl carbamates (subject to hydrolysis) is 1. The van der Waals surface area contributed by atoms with E-state index >= 15 is 0 Å². The van der Waals surface area contributed by atoms with Crippen LogP contribution in [0.1, 0.15) is 65.0 Å². The lowest BCUT2D eigenvalue weighted by Gasteiger charge is -2.24. The highest BCUT2D eigenvalue weighted by Crippen LogP contribution is 2.21. The highest BCUT2D eigenvalue weighted by Gasteiger charge is 2.32. The number of ketones is 3. The Hall–Kier alpha value is -2.50. The van der Waals surface area contributed by atoms with Crippen LogP contribution in [0.4, 0.5) is 4.79 Å². The second kappa shape index (κ2) is 10.7. The van der Waals surface area contributed by atoms with Gasteiger partial charge in [-0.15, -0.1) is 0 Å². The lowest BCUT2D eigenvalue weighted by atomic mass is 9.85. The molecule has 31 heavy (non-hydrogen) atoms. The van der Waals surface area contributed by atoms with Gasteiger partial charge < -0.3 is 10.1 Å². The fraction of sp³-hybridized carbons (Fsp3) is 0.600. The van der Waals surface area contributed by atoms with Gasteiger partial charge in [-0.25, -0.2) is 4.79 Å². The summed E-state index contributed by atoms with van der Waals surface area (Å²) < 4.78 is 5.24. The minimum absolute atomic E-state index is 0.0886. The maximum atomic E-state index is 13.1. The summed E-state index contributed by atoms with van der Waals surface area (Å²) in [7, 11) is 0. The Balaban J connectivity index is 2.13. The first-order valence-electron chi connectivity index (χ1n) is 11.1. The molecule has 0 aliphatic heterocycles. The van der Waals surface area contributed by atoms with Gasteiger partial charge in [0.2, 0.25) is 5.78 Å². The van der Waals surface area contributed by atoms with E-state index < -0.39 is 29.6 Å². The van der Waals surface area contributed by atoms with Crippen molar-refractivity contribution in [2.75, 3.05) is 6.61 Å². The summed E-state index contributed by atoms with van der Waals surface area (Å²) >= 11 is 0. The standard InChI is InChI=1S/C25H35NO5/c1-16(2)22(26-24(30)31-15-25(3,4)5)21(28)14-19-13-18-11-9-17(10-12-18)7-6-8-20(27)23(19)29/h9-12,16,19,22H,6-8,13-15H2,1-5H3,(H,26,30).